The zero-order valence-corrected chi connectivity index (χ0v) is 14.8. The third kappa shape index (κ3) is 4.51. The van der Waals surface area contributed by atoms with Crippen LogP contribution < -0.4 is 10.2 Å². The van der Waals surface area contributed by atoms with Crippen LogP contribution >= 0.6 is 11.8 Å². The van der Waals surface area contributed by atoms with Crippen molar-refractivity contribution in [1.29, 1.82) is 0 Å². The lowest BCUT2D eigenvalue weighted by atomic mass is 9.99. The number of nitrogens with one attached hydrogen (secondary N) is 1. The third-order valence-electron chi connectivity index (χ3n) is 4.21. The van der Waals surface area contributed by atoms with Gasteiger partial charge in [0.15, 0.2) is 0 Å². The van der Waals surface area contributed by atoms with E-state index in [0.29, 0.717) is 12.3 Å². The molecule has 2 aromatic rings. The van der Waals surface area contributed by atoms with E-state index >= 15 is 0 Å². The monoisotopic (exact) mass is 341 g/mol. The molecule has 126 valence electrons. The number of rotatable bonds is 6. The minimum absolute atomic E-state index is 0.0822. The van der Waals surface area contributed by atoms with Crippen LogP contribution in [-0.4, -0.2) is 30.2 Å². The molecule has 3 rings (SSSR count). The fourth-order valence-corrected chi connectivity index (χ4v) is 3.74. The van der Waals surface area contributed by atoms with Crippen LogP contribution in [0.5, 0.6) is 0 Å². The van der Waals surface area contributed by atoms with Crippen molar-refractivity contribution >= 4 is 23.4 Å². The highest BCUT2D eigenvalue weighted by molar-refractivity contribution is 7.99. The predicted octanol–water partition coefficient (Wildman–Crippen LogP) is 3.01. The fraction of sp³-hybridized carbons (Fsp3) is 0.368. The quantitative estimate of drug-likeness (QED) is 0.877. The normalized spacial score (nSPS) is 13.5. The molecule has 0 aliphatic carbocycles. The number of fused-ring (bicyclic) bond motifs is 1. The number of hydrogen-bond donors (Lipinski definition) is 1. The fourth-order valence-electron chi connectivity index (χ4n) is 2.95. The van der Waals surface area contributed by atoms with Crippen LogP contribution in [0.2, 0.25) is 0 Å². The molecule has 1 amide bonds. The Labute approximate surface area is 147 Å². The predicted molar refractivity (Wildman–Crippen MR) is 100 cm³/mol. The largest absolute Gasteiger partial charge is 0.374 e. The molecule has 0 radical (unpaired) electrons. The van der Waals surface area contributed by atoms with E-state index in [1.165, 1.54) is 23.2 Å². The van der Waals surface area contributed by atoms with Crippen molar-refractivity contribution in [3.8, 4) is 0 Å². The van der Waals surface area contributed by atoms with Crippen LogP contribution in [0.3, 0.4) is 0 Å². The first-order valence-electron chi connectivity index (χ1n) is 8.28. The van der Waals surface area contributed by atoms with E-state index in [0.717, 1.165) is 24.3 Å². The molecular formula is C19H23N3OS. The van der Waals surface area contributed by atoms with Gasteiger partial charge in [0.25, 0.3) is 0 Å². The number of thioether (sulfide) groups is 1. The van der Waals surface area contributed by atoms with Gasteiger partial charge >= 0.3 is 0 Å². The molecule has 0 atom stereocenters. The number of aromatic nitrogens is 1. The first-order chi connectivity index (χ1) is 11.7. The van der Waals surface area contributed by atoms with Gasteiger partial charge in [0.1, 0.15) is 0 Å². The second-order valence-corrected chi connectivity index (χ2v) is 7.10. The van der Waals surface area contributed by atoms with Crippen LogP contribution in [0, 0.1) is 0 Å². The second kappa shape index (κ2) is 8.20. The van der Waals surface area contributed by atoms with Crippen molar-refractivity contribution in [2.45, 2.75) is 25.1 Å². The van der Waals surface area contributed by atoms with Gasteiger partial charge in [0.05, 0.1) is 5.75 Å². The Morgan fingerprint density at radius 1 is 1.33 bits per heavy atom. The maximum atomic E-state index is 12.0. The van der Waals surface area contributed by atoms with E-state index in [4.69, 9.17) is 0 Å². The van der Waals surface area contributed by atoms with Gasteiger partial charge in [0.2, 0.25) is 5.91 Å². The summed E-state index contributed by atoms with van der Waals surface area (Å²) in [6, 6.07) is 10.5. The molecule has 0 spiro atoms. The van der Waals surface area contributed by atoms with Crippen molar-refractivity contribution in [2.24, 2.45) is 0 Å². The lowest BCUT2D eigenvalue weighted by Crippen LogP contribution is -2.26. The average Bonchev–Trinajstić information content (AvgIpc) is 2.61. The van der Waals surface area contributed by atoms with Crippen molar-refractivity contribution in [3.63, 3.8) is 0 Å². The van der Waals surface area contributed by atoms with Gasteiger partial charge in [-0.1, -0.05) is 18.2 Å². The Bertz CT molecular complexity index is 690. The summed E-state index contributed by atoms with van der Waals surface area (Å²) in [5.41, 5.74) is 5.04. The van der Waals surface area contributed by atoms with E-state index in [2.05, 4.69) is 40.4 Å². The van der Waals surface area contributed by atoms with Crippen LogP contribution in [0.4, 0.5) is 5.69 Å². The Hall–Kier alpha value is -2.01. The van der Waals surface area contributed by atoms with E-state index in [-0.39, 0.29) is 5.91 Å². The zero-order chi connectivity index (χ0) is 16.8. The summed E-state index contributed by atoms with van der Waals surface area (Å²) in [7, 11) is 2.14. The minimum atomic E-state index is 0.0822. The number of nitrogens with zero attached hydrogens (tertiary/aromatic N) is 2. The number of benzene rings is 1. The van der Waals surface area contributed by atoms with Crippen molar-refractivity contribution < 1.29 is 4.79 Å². The number of hydrogen-bond acceptors (Lipinski definition) is 4. The lowest BCUT2D eigenvalue weighted by molar-refractivity contribution is -0.118. The van der Waals surface area contributed by atoms with Crippen molar-refractivity contribution in [3.05, 3.63) is 59.4 Å². The van der Waals surface area contributed by atoms with Gasteiger partial charge in [-0.25, -0.2) is 0 Å². The number of anilines is 1. The molecule has 24 heavy (non-hydrogen) atoms. The standard InChI is InChI=1S/C19H23N3OS/c1-22-9-3-5-17-10-15(6-7-18(17)22)12-21-19(23)14-24-13-16-4-2-8-20-11-16/h2,4,6-8,10-11H,3,5,9,12-14H2,1H3,(H,21,23). The SMILES string of the molecule is CN1CCCc2cc(CNC(=O)CSCc3cccnc3)ccc21. The van der Waals surface area contributed by atoms with Gasteiger partial charge in [-0.2, -0.15) is 0 Å². The molecule has 0 unspecified atom stereocenters. The molecule has 1 N–H and O–H groups in total. The van der Waals surface area contributed by atoms with Crippen LogP contribution in [0.15, 0.2) is 42.7 Å². The van der Waals surface area contributed by atoms with Crippen LogP contribution in [0.25, 0.3) is 0 Å². The van der Waals surface area contributed by atoms with E-state index in [1.807, 2.05) is 18.3 Å². The van der Waals surface area contributed by atoms with E-state index in [9.17, 15) is 4.79 Å². The molecule has 1 aliphatic heterocycles. The van der Waals surface area contributed by atoms with Crippen molar-refractivity contribution in [1.82, 2.24) is 10.3 Å². The summed E-state index contributed by atoms with van der Waals surface area (Å²) in [4.78, 5) is 18.4. The molecule has 4 nitrogen and oxygen atoms in total. The molecule has 0 bridgehead atoms. The summed E-state index contributed by atoms with van der Waals surface area (Å²) in [5.74, 6) is 1.37. The topological polar surface area (TPSA) is 45.2 Å². The molecule has 0 saturated carbocycles. The van der Waals surface area contributed by atoms with Crippen LogP contribution in [0.1, 0.15) is 23.1 Å². The molecule has 1 aliphatic rings. The first kappa shape index (κ1) is 16.8. The van der Waals surface area contributed by atoms with Gasteiger partial charge in [-0.05, 0) is 41.7 Å². The van der Waals surface area contributed by atoms with Crippen molar-refractivity contribution in [2.75, 3.05) is 24.2 Å². The summed E-state index contributed by atoms with van der Waals surface area (Å²) < 4.78 is 0. The molecule has 0 fully saturated rings. The van der Waals surface area contributed by atoms with Gasteiger partial charge in [-0.15, -0.1) is 11.8 Å². The number of aryl methyl sites for hydroxylation is 1. The maximum absolute atomic E-state index is 12.0. The molecule has 1 aromatic carbocycles. The smallest absolute Gasteiger partial charge is 0.230 e. The molecular weight excluding hydrogens is 318 g/mol. The molecule has 5 heteroatoms. The Morgan fingerprint density at radius 2 is 2.25 bits per heavy atom. The highest BCUT2D eigenvalue weighted by atomic mass is 32.2. The summed E-state index contributed by atoms with van der Waals surface area (Å²) in [6.07, 6.45) is 5.93. The Balaban J connectivity index is 1.44. The highest BCUT2D eigenvalue weighted by Gasteiger charge is 2.13. The highest BCUT2D eigenvalue weighted by Crippen LogP contribution is 2.26. The number of amides is 1. The van der Waals surface area contributed by atoms with Gasteiger partial charge in [0, 0.05) is 44.0 Å². The number of pyridine rings is 1. The summed E-state index contributed by atoms with van der Waals surface area (Å²) >= 11 is 1.61. The molecule has 0 saturated heterocycles. The third-order valence-corrected chi connectivity index (χ3v) is 5.21. The molecule has 1 aromatic heterocycles. The van der Waals surface area contributed by atoms with E-state index in [1.54, 1.807) is 18.0 Å². The summed E-state index contributed by atoms with van der Waals surface area (Å²) in [5, 5.41) is 3.01. The Kier molecular flexibility index (Phi) is 5.75. The summed E-state index contributed by atoms with van der Waals surface area (Å²) in [6.45, 7) is 1.72. The zero-order valence-electron chi connectivity index (χ0n) is 14.0. The van der Waals surface area contributed by atoms with Gasteiger partial charge in [-0.3, -0.25) is 9.78 Å². The van der Waals surface area contributed by atoms with E-state index < -0.39 is 0 Å². The second-order valence-electron chi connectivity index (χ2n) is 6.12. The Morgan fingerprint density at radius 3 is 3.08 bits per heavy atom. The average molecular weight is 341 g/mol. The first-order valence-corrected chi connectivity index (χ1v) is 9.44. The maximum Gasteiger partial charge on any atom is 0.230 e. The molecule has 2 heterocycles. The number of carbonyl (C=O) groups excluding carboxylic acids is 1. The van der Waals surface area contributed by atoms with Gasteiger partial charge < -0.3 is 10.2 Å². The number of carbonyl (C=O) groups is 1. The minimum Gasteiger partial charge on any atom is -0.374 e. The van der Waals surface area contributed by atoms with Crippen LogP contribution in [-0.2, 0) is 23.5 Å². The lowest BCUT2D eigenvalue weighted by Gasteiger charge is -2.27.